The van der Waals surface area contributed by atoms with Gasteiger partial charge in [0.1, 0.15) is 5.82 Å². The average molecular weight is 388 g/mol. The van der Waals surface area contributed by atoms with Crippen molar-refractivity contribution in [2.24, 2.45) is 0 Å². The second-order valence-corrected chi connectivity index (χ2v) is 7.41. The highest BCUT2D eigenvalue weighted by Crippen LogP contribution is 2.20. The maximum atomic E-state index is 13.4. The van der Waals surface area contributed by atoms with Gasteiger partial charge >= 0.3 is 0 Å². The summed E-state index contributed by atoms with van der Waals surface area (Å²) in [5, 5.41) is 2.84. The average Bonchev–Trinajstić information content (AvgIpc) is 2.77. The summed E-state index contributed by atoms with van der Waals surface area (Å²) in [5.41, 5.74) is 3.70. The number of hydrogen-bond acceptors (Lipinski definition) is 2. The monoisotopic (exact) mass is 388 g/mol. The van der Waals surface area contributed by atoms with E-state index in [1.165, 1.54) is 5.56 Å². The van der Waals surface area contributed by atoms with E-state index < -0.39 is 0 Å². The molecule has 0 N–H and O–H groups in total. The van der Waals surface area contributed by atoms with Gasteiger partial charge in [0.05, 0.1) is 16.6 Å². The van der Waals surface area contributed by atoms with E-state index in [9.17, 15) is 4.79 Å². The Hall–Kier alpha value is -3.98. The Morgan fingerprint density at radius 1 is 0.767 bits per heavy atom. The standard InChI is InChI=1S/C27H20N2O/c1-19-7-6-8-20(17-19)13-16-26-28-25-12-5-4-11-24(25)27(30)29(26)23-15-14-21-9-2-3-10-22(21)18-23/h2-18H,1H3/b16-13+. The van der Waals surface area contributed by atoms with Crippen LogP contribution in [0, 0.1) is 6.92 Å². The van der Waals surface area contributed by atoms with Gasteiger partial charge in [0, 0.05) is 0 Å². The number of nitrogens with zero attached hydrogens (tertiary/aromatic N) is 2. The minimum atomic E-state index is -0.0697. The van der Waals surface area contributed by atoms with Gasteiger partial charge in [0.25, 0.3) is 5.56 Å². The van der Waals surface area contributed by atoms with Crippen molar-refractivity contribution >= 4 is 33.8 Å². The molecule has 0 unspecified atom stereocenters. The molecular formula is C27H20N2O. The second-order valence-electron chi connectivity index (χ2n) is 7.41. The molecule has 0 aliphatic heterocycles. The van der Waals surface area contributed by atoms with E-state index in [-0.39, 0.29) is 5.56 Å². The fourth-order valence-electron chi connectivity index (χ4n) is 3.77. The largest absolute Gasteiger partial charge is 0.268 e. The fourth-order valence-corrected chi connectivity index (χ4v) is 3.77. The van der Waals surface area contributed by atoms with Gasteiger partial charge in [0.2, 0.25) is 0 Å². The van der Waals surface area contributed by atoms with Crippen LogP contribution in [0.3, 0.4) is 0 Å². The van der Waals surface area contributed by atoms with Crippen molar-refractivity contribution in [2.45, 2.75) is 6.92 Å². The molecule has 144 valence electrons. The lowest BCUT2D eigenvalue weighted by Gasteiger charge is -2.12. The molecule has 0 amide bonds. The third kappa shape index (κ3) is 3.31. The molecule has 5 rings (SSSR count). The van der Waals surface area contributed by atoms with E-state index in [1.807, 2.05) is 78.9 Å². The van der Waals surface area contributed by atoms with Crippen molar-refractivity contribution in [3.05, 3.63) is 118 Å². The molecule has 1 heterocycles. The summed E-state index contributed by atoms with van der Waals surface area (Å²) in [4.78, 5) is 18.2. The lowest BCUT2D eigenvalue weighted by atomic mass is 10.1. The molecule has 30 heavy (non-hydrogen) atoms. The molecule has 4 aromatic carbocycles. The van der Waals surface area contributed by atoms with Gasteiger partial charge in [-0.3, -0.25) is 9.36 Å². The third-order valence-electron chi connectivity index (χ3n) is 5.26. The highest BCUT2D eigenvalue weighted by atomic mass is 16.1. The molecule has 0 saturated carbocycles. The molecular weight excluding hydrogens is 368 g/mol. The molecule has 0 spiro atoms. The lowest BCUT2D eigenvalue weighted by molar-refractivity contribution is 0.946. The Kier molecular flexibility index (Phi) is 4.49. The molecule has 5 aromatic rings. The van der Waals surface area contributed by atoms with Crippen molar-refractivity contribution in [1.82, 2.24) is 9.55 Å². The van der Waals surface area contributed by atoms with E-state index >= 15 is 0 Å². The van der Waals surface area contributed by atoms with Crippen LogP contribution in [0.2, 0.25) is 0 Å². The van der Waals surface area contributed by atoms with Gasteiger partial charge in [-0.1, -0.05) is 78.4 Å². The van der Waals surface area contributed by atoms with Crippen LogP contribution in [0.1, 0.15) is 17.0 Å². The number of fused-ring (bicyclic) bond motifs is 2. The number of para-hydroxylation sites is 1. The highest BCUT2D eigenvalue weighted by Gasteiger charge is 2.11. The first-order valence-corrected chi connectivity index (χ1v) is 9.95. The van der Waals surface area contributed by atoms with Crippen LogP contribution in [0.15, 0.2) is 95.8 Å². The summed E-state index contributed by atoms with van der Waals surface area (Å²) in [6.07, 6.45) is 3.92. The molecule has 3 heteroatoms. The van der Waals surface area contributed by atoms with Gasteiger partial charge in [-0.05, 0) is 53.6 Å². The minimum Gasteiger partial charge on any atom is -0.268 e. The zero-order valence-electron chi connectivity index (χ0n) is 16.6. The summed E-state index contributed by atoms with van der Waals surface area (Å²) in [6.45, 7) is 2.07. The topological polar surface area (TPSA) is 34.9 Å². The molecule has 1 aromatic heterocycles. The van der Waals surface area contributed by atoms with E-state index in [0.717, 1.165) is 22.0 Å². The maximum Gasteiger partial charge on any atom is 0.266 e. The minimum absolute atomic E-state index is 0.0697. The summed E-state index contributed by atoms with van der Waals surface area (Å²) >= 11 is 0. The first kappa shape index (κ1) is 18.1. The van der Waals surface area contributed by atoms with Gasteiger partial charge < -0.3 is 0 Å². The van der Waals surface area contributed by atoms with Gasteiger partial charge in [-0.15, -0.1) is 0 Å². The second kappa shape index (κ2) is 7.45. The summed E-state index contributed by atoms with van der Waals surface area (Å²) < 4.78 is 1.70. The van der Waals surface area contributed by atoms with Crippen LogP contribution in [-0.4, -0.2) is 9.55 Å². The lowest BCUT2D eigenvalue weighted by Crippen LogP contribution is -2.22. The van der Waals surface area contributed by atoms with Crippen molar-refractivity contribution in [3.63, 3.8) is 0 Å². The first-order valence-electron chi connectivity index (χ1n) is 9.95. The summed E-state index contributed by atoms with van der Waals surface area (Å²) in [6, 6.07) is 29.9. The number of aryl methyl sites for hydroxylation is 1. The van der Waals surface area contributed by atoms with Crippen LogP contribution in [-0.2, 0) is 0 Å². The molecule has 0 fully saturated rings. The highest BCUT2D eigenvalue weighted by molar-refractivity contribution is 5.85. The van der Waals surface area contributed by atoms with E-state index in [1.54, 1.807) is 4.57 Å². The smallest absolute Gasteiger partial charge is 0.266 e. The number of aromatic nitrogens is 2. The van der Waals surface area contributed by atoms with E-state index in [2.05, 4.69) is 31.2 Å². The number of benzene rings is 4. The van der Waals surface area contributed by atoms with Crippen molar-refractivity contribution < 1.29 is 0 Å². The zero-order valence-corrected chi connectivity index (χ0v) is 16.6. The van der Waals surface area contributed by atoms with Crippen LogP contribution in [0.25, 0.3) is 39.5 Å². The quantitative estimate of drug-likeness (QED) is 0.379. The van der Waals surface area contributed by atoms with Crippen LogP contribution in [0.4, 0.5) is 0 Å². The Bertz CT molecular complexity index is 1480. The van der Waals surface area contributed by atoms with Crippen LogP contribution < -0.4 is 5.56 Å². The third-order valence-corrected chi connectivity index (χ3v) is 5.26. The van der Waals surface area contributed by atoms with Gasteiger partial charge in [-0.2, -0.15) is 0 Å². The molecule has 0 aliphatic rings. The van der Waals surface area contributed by atoms with Crippen molar-refractivity contribution in [1.29, 1.82) is 0 Å². The predicted molar refractivity (Wildman–Crippen MR) is 125 cm³/mol. The Morgan fingerprint density at radius 2 is 1.57 bits per heavy atom. The molecule has 0 atom stereocenters. The maximum absolute atomic E-state index is 13.4. The molecule has 0 aliphatic carbocycles. The first-order chi connectivity index (χ1) is 14.7. The van der Waals surface area contributed by atoms with Crippen LogP contribution in [0.5, 0.6) is 0 Å². The van der Waals surface area contributed by atoms with Crippen molar-refractivity contribution in [2.75, 3.05) is 0 Å². The van der Waals surface area contributed by atoms with E-state index in [4.69, 9.17) is 4.98 Å². The summed E-state index contributed by atoms with van der Waals surface area (Å²) in [7, 11) is 0. The Labute approximate surface area is 174 Å². The molecule has 3 nitrogen and oxygen atoms in total. The van der Waals surface area contributed by atoms with E-state index in [0.29, 0.717) is 16.7 Å². The number of hydrogen-bond donors (Lipinski definition) is 0. The fraction of sp³-hybridized carbons (Fsp3) is 0.0370. The van der Waals surface area contributed by atoms with Crippen LogP contribution >= 0.6 is 0 Å². The molecule has 0 radical (unpaired) electrons. The molecule has 0 bridgehead atoms. The zero-order chi connectivity index (χ0) is 20.5. The van der Waals surface area contributed by atoms with Crippen molar-refractivity contribution in [3.8, 4) is 5.69 Å². The SMILES string of the molecule is Cc1cccc(/C=C/c2nc3ccccc3c(=O)n2-c2ccc3ccccc3c2)c1. The Morgan fingerprint density at radius 3 is 2.43 bits per heavy atom. The normalized spacial score (nSPS) is 11.5. The number of rotatable bonds is 3. The van der Waals surface area contributed by atoms with Gasteiger partial charge in [0.15, 0.2) is 0 Å². The Balaban J connectivity index is 1.75. The molecule has 0 saturated heterocycles. The summed E-state index contributed by atoms with van der Waals surface area (Å²) in [5.74, 6) is 0.607. The predicted octanol–water partition coefficient (Wildman–Crippen LogP) is 6.02. The van der Waals surface area contributed by atoms with Gasteiger partial charge in [-0.25, -0.2) is 4.98 Å².